The van der Waals surface area contributed by atoms with Crippen LogP contribution in [0.15, 0.2) is 196 Å². The standard InChI is InChI=1S/C21H18FN3O.C21H16FN3O.C20H16FN3O.C20H17N3O/c1-21(2)11-10-17-24-19-16(20(26)25(17)13-21)9-7-14(18(19)22)6-8-15-5-3-4-12-23-15;1-2-21(22)11-10-19-24-18-13-15(6-8-16-5-3-4-12-23-16)7-9-17(18)20(26)25(19)14-21;1-20(21)10-9-18-23-17-12-14(5-7-15-4-2-3-11-22-15)6-8-16(17)19(25)24(18)13-20;1-14-5-10-19-22-18-12-15(6-8-16-4-2-3-11-21-16)7-9-17(18)20(24)23(19)13-14/h3-5,7,9,12H,10-11,13H2,1-2H3;2-5,7,9,12-13H,1,10-11,14H2;2-4,6,8,11-12H,9-10,13H2,1H3;2-4,7,9,11-12,14H,5,10,13H2,1H3. The van der Waals surface area contributed by atoms with Crippen LogP contribution >= 0.6 is 0 Å². The van der Waals surface area contributed by atoms with Gasteiger partial charge in [-0.25, -0.2) is 53.0 Å². The molecule has 16 rings (SSSR count). The van der Waals surface area contributed by atoms with Crippen LogP contribution in [0.1, 0.15) is 122 Å². The van der Waals surface area contributed by atoms with Crippen molar-refractivity contribution in [1.29, 1.82) is 0 Å². The highest BCUT2D eigenvalue weighted by atomic mass is 19.1. The van der Waals surface area contributed by atoms with Crippen molar-refractivity contribution in [1.82, 2.24) is 58.1 Å². The van der Waals surface area contributed by atoms with Gasteiger partial charge in [0.15, 0.2) is 5.82 Å². The van der Waals surface area contributed by atoms with Gasteiger partial charge in [-0.1, -0.05) is 81.4 Å². The molecule has 4 aliphatic rings. The van der Waals surface area contributed by atoms with Crippen LogP contribution < -0.4 is 22.2 Å². The number of aryl methyl sites for hydroxylation is 4. The molecule has 12 heterocycles. The summed E-state index contributed by atoms with van der Waals surface area (Å²) < 4.78 is 50.1. The molecule has 3 unspecified atom stereocenters. The third-order valence-corrected chi connectivity index (χ3v) is 18.1. The Morgan fingerprint density at radius 3 is 1.34 bits per heavy atom. The minimum atomic E-state index is -1.56. The third-order valence-electron chi connectivity index (χ3n) is 18.1. The fourth-order valence-electron chi connectivity index (χ4n) is 12.5. The van der Waals surface area contributed by atoms with E-state index in [9.17, 15) is 32.3 Å². The summed E-state index contributed by atoms with van der Waals surface area (Å²) in [4.78, 5) is 85.8. The fraction of sp³-hybridized carbons (Fsp3) is 0.244. The second kappa shape index (κ2) is 28.7. The van der Waals surface area contributed by atoms with Crippen LogP contribution in [0.4, 0.5) is 13.2 Å². The predicted octanol–water partition coefficient (Wildman–Crippen LogP) is 12.0. The minimum Gasteiger partial charge on any atom is -0.296 e. The number of fused-ring (bicyclic) bond motifs is 8. The molecular weight excluding hydrogens is 1270 g/mol. The van der Waals surface area contributed by atoms with Crippen LogP contribution in [-0.4, -0.2) is 69.5 Å². The van der Waals surface area contributed by atoms with Crippen molar-refractivity contribution in [2.75, 3.05) is 0 Å². The lowest BCUT2D eigenvalue weighted by molar-refractivity contribution is 0.126. The Kier molecular flexibility index (Phi) is 19.2. The Bertz CT molecular complexity index is 5770. The third kappa shape index (κ3) is 15.4. The largest absolute Gasteiger partial charge is 0.296 e. The van der Waals surface area contributed by atoms with Gasteiger partial charge in [0, 0.05) is 80.3 Å². The lowest BCUT2D eigenvalue weighted by atomic mass is 9.85. The van der Waals surface area contributed by atoms with Gasteiger partial charge in [0.1, 0.15) is 62.9 Å². The summed E-state index contributed by atoms with van der Waals surface area (Å²) in [7, 11) is 0. The Balaban J connectivity index is 0.000000120. The lowest BCUT2D eigenvalue weighted by Gasteiger charge is -2.31. The van der Waals surface area contributed by atoms with Crippen LogP contribution in [0.5, 0.6) is 0 Å². The molecule has 0 aliphatic carbocycles. The maximum atomic E-state index is 14.9. The average molecular weight is 1340 g/mol. The van der Waals surface area contributed by atoms with E-state index in [0.29, 0.717) is 105 Å². The van der Waals surface area contributed by atoms with Crippen LogP contribution in [-0.2, 0) is 51.9 Å². The smallest absolute Gasteiger partial charge is 0.261 e. The maximum Gasteiger partial charge on any atom is 0.261 e. The number of alkyl halides is 2. The molecule has 12 aromatic rings. The molecule has 101 heavy (non-hydrogen) atoms. The molecule has 3 atom stereocenters. The molecule has 0 radical (unpaired) electrons. The Hall–Kier alpha value is -12.2. The van der Waals surface area contributed by atoms with E-state index in [-0.39, 0.29) is 58.2 Å². The molecular formula is C82H67F3N12O4. The van der Waals surface area contributed by atoms with E-state index >= 15 is 0 Å². The van der Waals surface area contributed by atoms with E-state index in [2.05, 4.69) is 110 Å². The molecule has 0 N–H and O–H groups in total. The van der Waals surface area contributed by atoms with Gasteiger partial charge >= 0.3 is 0 Å². The first-order valence-corrected chi connectivity index (χ1v) is 33.3. The number of pyridine rings is 4. The molecule has 4 aliphatic heterocycles. The first kappa shape index (κ1) is 67.4. The number of rotatable bonds is 1. The molecule has 0 saturated carbocycles. The predicted molar refractivity (Wildman–Crippen MR) is 385 cm³/mol. The van der Waals surface area contributed by atoms with Crippen molar-refractivity contribution in [2.45, 2.75) is 117 Å². The monoisotopic (exact) mass is 1340 g/mol. The van der Waals surface area contributed by atoms with Gasteiger partial charge in [0.05, 0.1) is 56.7 Å². The first-order valence-electron chi connectivity index (χ1n) is 33.3. The summed E-state index contributed by atoms with van der Waals surface area (Å²) in [6, 6.07) is 41.4. The van der Waals surface area contributed by atoms with Crippen molar-refractivity contribution in [3.8, 4) is 47.4 Å². The van der Waals surface area contributed by atoms with Crippen LogP contribution in [0, 0.1) is 64.5 Å². The van der Waals surface area contributed by atoms with Gasteiger partial charge in [0.2, 0.25) is 0 Å². The zero-order chi connectivity index (χ0) is 70.4. The van der Waals surface area contributed by atoms with Gasteiger partial charge in [-0.2, -0.15) is 0 Å². The molecule has 8 aromatic heterocycles. The number of nitrogens with zero attached hydrogens (tertiary/aromatic N) is 12. The molecule has 500 valence electrons. The van der Waals surface area contributed by atoms with Gasteiger partial charge in [-0.15, -0.1) is 0 Å². The molecule has 0 fully saturated rings. The topological polar surface area (TPSA) is 191 Å². The normalized spacial score (nSPS) is 17.3. The minimum absolute atomic E-state index is 0.0329. The summed E-state index contributed by atoms with van der Waals surface area (Å²) in [5.74, 6) is 26.6. The van der Waals surface area contributed by atoms with Gasteiger partial charge in [0.25, 0.3) is 22.2 Å². The van der Waals surface area contributed by atoms with Crippen molar-refractivity contribution < 1.29 is 13.2 Å². The number of hydrogen-bond acceptors (Lipinski definition) is 12. The van der Waals surface area contributed by atoms with Gasteiger partial charge in [-0.3, -0.25) is 37.4 Å². The van der Waals surface area contributed by atoms with E-state index < -0.39 is 17.2 Å². The summed E-state index contributed by atoms with van der Waals surface area (Å²) in [6.07, 6.45) is 13.1. The highest BCUT2D eigenvalue weighted by Gasteiger charge is 2.34. The summed E-state index contributed by atoms with van der Waals surface area (Å²) >= 11 is 0. The second-order valence-electron chi connectivity index (χ2n) is 26.5. The van der Waals surface area contributed by atoms with Gasteiger partial charge < -0.3 is 0 Å². The molecule has 0 bridgehead atoms. The van der Waals surface area contributed by atoms with Crippen molar-refractivity contribution in [2.24, 2.45) is 11.3 Å². The van der Waals surface area contributed by atoms with E-state index in [4.69, 9.17) is 4.98 Å². The number of aromatic nitrogens is 12. The van der Waals surface area contributed by atoms with E-state index in [1.807, 2.05) is 83.4 Å². The van der Waals surface area contributed by atoms with Crippen molar-refractivity contribution in [3.05, 3.63) is 293 Å². The van der Waals surface area contributed by atoms with Gasteiger partial charge in [-0.05, 0) is 183 Å². The molecule has 19 heteroatoms. The Morgan fingerprint density at radius 1 is 0.455 bits per heavy atom. The molecule has 0 spiro atoms. The number of hydrogen-bond donors (Lipinski definition) is 0. The van der Waals surface area contributed by atoms with Crippen molar-refractivity contribution >= 4 is 43.6 Å². The number of allylic oxidation sites excluding steroid dienone is 1. The fourth-order valence-corrected chi connectivity index (χ4v) is 12.5. The summed E-state index contributed by atoms with van der Waals surface area (Å²) in [5, 5.41) is 1.92. The Labute approximate surface area is 579 Å². The highest BCUT2D eigenvalue weighted by Crippen LogP contribution is 2.32. The SMILES string of the molecule is C=CC1(F)CCc2nc3cc(C#Cc4ccccn4)ccc3c(=O)n2C1.CC1(C)CCc2nc3c(F)c(C#Cc4ccccn4)ccc3c(=O)n2C1.CC1(F)CCc2nc3cc(C#Cc4ccccn4)ccc3c(=O)n2C1.CC1CCc2nc3cc(C#Cc4ccccn4)ccc3c(=O)n2C1. The van der Waals surface area contributed by atoms with E-state index in [1.54, 1.807) is 84.0 Å². The average Bonchev–Trinajstić information content (AvgIpc) is 0.781. The molecule has 16 nitrogen and oxygen atoms in total. The Morgan fingerprint density at radius 2 is 0.861 bits per heavy atom. The quantitative estimate of drug-likeness (QED) is 0.112. The molecule has 0 saturated heterocycles. The van der Waals surface area contributed by atoms with Crippen molar-refractivity contribution in [3.63, 3.8) is 0 Å². The summed E-state index contributed by atoms with van der Waals surface area (Å²) in [6.45, 7) is 12.9. The zero-order valence-electron chi connectivity index (χ0n) is 56.1. The molecule has 0 amide bonds. The maximum absolute atomic E-state index is 14.9. The summed E-state index contributed by atoms with van der Waals surface area (Å²) in [5.41, 5.74) is 3.84. The number of benzene rings is 4. The lowest BCUT2D eigenvalue weighted by Crippen LogP contribution is -2.40. The van der Waals surface area contributed by atoms with Crippen LogP contribution in [0.25, 0.3) is 43.6 Å². The number of halogens is 3. The second-order valence-corrected chi connectivity index (χ2v) is 26.5. The van der Waals surface area contributed by atoms with E-state index in [0.717, 1.165) is 59.5 Å². The highest BCUT2D eigenvalue weighted by molar-refractivity contribution is 5.82. The van der Waals surface area contributed by atoms with Crippen LogP contribution in [0.3, 0.4) is 0 Å². The van der Waals surface area contributed by atoms with Crippen LogP contribution in [0.2, 0.25) is 0 Å². The first-order chi connectivity index (χ1) is 48.7. The zero-order valence-corrected chi connectivity index (χ0v) is 56.1. The molecule has 4 aromatic carbocycles. The van der Waals surface area contributed by atoms with E-state index in [1.165, 1.54) is 28.2 Å².